The Bertz CT molecular complexity index is 806. The Kier molecular flexibility index (Phi) is 3.26. The maximum absolute atomic E-state index is 12.6. The number of amides is 1. The molecular weight excluding hydrogens is 346 g/mol. The Labute approximate surface area is 135 Å². The third-order valence-electron chi connectivity index (χ3n) is 4.02. The van der Waals surface area contributed by atoms with Gasteiger partial charge in [0, 0.05) is 6.54 Å². The fraction of sp³-hybridized carbons (Fsp3) is 0.250. The van der Waals surface area contributed by atoms with Gasteiger partial charge >= 0.3 is 0 Å². The Balaban J connectivity index is 1.67. The lowest BCUT2D eigenvalue weighted by Crippen LogP contribution is -2.30. The first-order valence-corrected chi connectivity index (χ1v) is 8.02. The number of carbonyl (C=O) groups is 1. The van der Waals surface area contributed by atoms with E-state index in [-0.39, 0.29) is 11.9 Å². The van der Waals surface area contributed by atoms with E-state index in [4.69, 9.17) is 4.42 Å². The molecule has 3 heterocycles. The van der Waals surface area contributed by atoms with Crippen molar-refractivity contribution in [2.24, 2.45) is 0 Å². The molecule has 5 nitrogen and oxygen atoms in total. The van der Waals surface area contributed by atoms with Gasteiger partial charge in [-0.2, -0.15) is 0 Å². The first kappa shape index (κ1) is 13.6. The molecule has 1 aliphatic heterocycles. The van der Waals surface area contributed by atoms with Crippen molar-refractivity contribution in [1.82, 2.24) is 14.9 Å². The van der Waals surface area contributed by atoms with Crippen molar-refractivity contribution in [1.29, 1.82) is 0 Å². The molecule has 0 saturated carbocycles. The van der Waals surface area contributed by atoms with Crippen LogP contribution in [0.4, 0.5) is 0 Å². The molecule has 1 aliphatic rings. The van der Waals surface area contributed by atoms with Crippen LogP contribution >= 0.6 is 15.9 Å². The summed E-state index contributed by atoms with van der Waals surface area (Å²) >= 11 is 3.24. The van der Waals surface area contributed by atoms with Crippen LogP contribution in [-0.2, 0) is 0 Å². The molecule has 4 rings (SSSR count). The lowest BCUT2D eigenvalue weighted by Gasteiger charge is -2.21. The first-order chi connectivity index (χ1) is 10.7. The molecule has 1 N–H and O–H groups in total. The van der Waals surface area contributed by atoms with E-state index in [1.165, 1.54) is 0 Å². The number of hydrogen-bond donors (Lipinski definition) is 1. The summed E-state index contributed by atoms with van der Waals surface area (Å²) in [6.45, 7) is 0.721. The van der Waals surface area contributed by atoms with Crippen LogP contribution in [0.1, 0.15) is 35.3 Å². The summed E-state index contributed by atoms with van der Waals surface area (Å²) in [5, 5.41) is 0. The van der Waals surface area contributed by atoms with Crippen LogP contribution in [0.15, 0.2) is 45.5 Å². The van der Waals surface area contributed by atoms with Gasteiger partial charge in [0.1, 0.15) is 5.82 Å². The smallest absolute Gasteiger partial charge is 0.290 e. The zero-order chi connectivity index (χ0) is 15.1. The van der Waals surface area contributed by atoms with Crippen molar-refractivity contribution in [2.75, 3.05) is 6.54 Å². The van der Waals surface area contributed by atoms with E-state index in [2.05, 4.69) is 25.9 Å². The van der Waals surface area contributed by atoms with E-state index in [0.717, 1.165) is 36.2 Å². The van der Waals surface area contributed by atoms with Crippen molar-refractivity contribution in [2.45, 2.75) is 18.9 Å². The molecule has 2 aromatic heterocycles. The van der Waals surface area contributed by atoms with Crippen LogP contribution in [0.3, 0.4) is 0 Å². The molecule has 112 valence electrons. The highest BCUT2D eigenvalue weighted by Gasteiger charge is 2.33. The average molecular weight is 360 g/mol. The van der Waals surface area contributed by atoms with Gasteiger partial charge in [-0.25, -0.2) is 4.98 Å². The summed E-state index contributed by atoms with van der Waals surface area (Å²) in [5.74, 6) is 1.11. The monoisotopic (exact) mass is 359 g/mol. The first-order valence-electron chi connectivity index (χ1n) is 7.23. The summed E-state index contributed by atoms with van der Waals surface area (Å²) in [6, 6.07) is 11.3. The zero-order valence-corrected chi connectivity index (χ0v) is 13.3. The molecule has 0 aliphatic carbocycles. The maximum Gasteiger partial charge on any atom is 0.290 e. The fourth-order valence-corrected chi connectivity index (χ4v) is 3.30. The molecular formula is C16H14BrN3O2. The summed E-state index contributed by atoms with van der Waals surface area (Å²) in [7, 11) is 0. The number of halogens is 1. The third kappa shape index (κ3) is 2.23. The number of carbonyl (C=O) groups excluding carboxylic acids is 1. The number of aromatic amines is 1. The molecule has 6 heteroatoms. The summed E-state index contributed by atoms with van der Waals surface area (Å²) in [6.07, 6.45) is 1.88. The van der Waals surface area contributed by atoms with E-state index >= 15 is 0 Å². The van der Waals surface area contributed by atoms with Gasteiger partial charge in [-0.15, -0.1) is 0 Å². The number of furan rings is 1. The lowest BCUT2D eigenvalue weighted by molar-refractivity contribution is 0.0697. The highest BCUT2D eigenvalue weighted by molar-refractivity contribution is 9.10. The van der Waals surface area contributed by atoms with Crippen LogP contribution in [0.5, 0.6) is 0 Å². The Morgan fingerprint density at radius 3 is 2.95 bits per heavy atom. The lowest BCUT2D eigenvalue weighted by atomic mass is 10.2. The third-order valence-corrected chi connectivity index (χ3v) is 4.45. The molecule has 1 aromatic carbocycles. The second-order valence-corrected chi connectivity index (χ2v) is 6.18. The maximum atomic E-state index is 12.6. The van der Waals surface area contributed by atoms with Gasteiger partial charge in [-0.3, -0.25) is 4.79 Å². The molecule has 1 saturated heterocycles. The highest BCUT2D eigenvalue weighted by Crippen LogP contribution is 2.33. The van der Waals surface area contributed by atoms with E-state index < -0.39 is 0 Å². The minimum Gasteiger partial charge on any atom is -0.444 e. The van der Waals surface area contributed by atoms with E-state index in [0.29, 0.717) is 10.4 Å². The number of rotatable bonds is 2. The number of H-pyrrole nitrogens is 1. The van der Waals surface area contributed by atoms with Gasteiger partial charge < -0.3 is 14.3 Å². The Morgan fingerprint density at radius 1 is 1.32 bits per heavy atom. The molecule has 3 aromatic rings. The average Bonchev–Trinajstić information content (AvgIpc) is 3.24. The fourth-order valence-electron chi connectivity index (χ4n) is 3.00. The SMILES string of the molecule is O=C(c1ccc(Br)o1)N1CCCC1c1nc2ccccc2[nH]1. The molecule has 1 fully saturated rings. The van der Waals surface area contributed by atoms with Gasteiger partial charge in [-0.05, 0) is 53.0 Å². The standard InChI is InChI=1S/C16H14BrN3O2/c17-14-8-7-13(22-14)16(21)20-9-3-6-12(20)15-18-10-4-1-2-5-11(10)19-15/h1-2,4-5,7-8,12H,3,6,9H2,(H,18,19). The Hall–Kier alpha value is -2.08. The summed E-state index contributed by atoms with van der Waals surface area (Å²) in [5.41, 5.74) is 1.93. The van der Waals surface area contributed by atoms with Crippen molar-refractivity contribution in [3.8, 4) is 0 Å². The van der Waals surface area contributed by atoms with Crippen molar-refractivity contribution < 1.29 is 9.21 Å². The second kappa shape index (κ2) is 5.28. The minimum absolute atomic E-state index is 0.0243. The highest BCUT2D eigenvalue weighted by atomic mass is 79.9. The molecule has 0 bridgehead atoms. The van der Waals surface area contributed by atoms with Crippen LogP contribution in [0.2, 0.25) is 0 Å². The van der Waals surface area contributed by atoms with Crippen LogP contribution in [0.25, 0.3) is 11.0 Å². The second-order valence-electron chi connectivity index (χ2n) is 5.40. The quantitative estimate of drug-likeness (QED) is 0.754. The molecule has 22 heavy (non-hydrogen) atoms. The van der Waals surface area contributed by atoms with Crippen molar-refractivity contribution >= 4 is 32.9 Å². The number of nitrogens with zero attached hydrogens (tertiary/aromatic N) is 2. The van der Waals surface area contributed by atoms with E-state index in [1.807, 2.05) is 29.2 Å². The summed E-state index contributed by atoms with van der Waals surface area (Å²) < 4.78 is 5.96. The number of imidazole rings is 1. The number of likely N-dealkylation sites (tertiary alicyclic amines) is 1. The predicted octanol–water partition coefficient (Wildman–Crippen LogP) is 3.90. The molecule has 1 atom stereocenters. The van der Waals surface area contributed by atoms with Gasteiger partial charge in [-0.1, -0.05) is 12.1 Å². The van der Waals surface area contributed by atoms with Crippen molar-refractivity contribution in [3.63, 3.8) is 0 Å². The van der Waals surface area contributed by atoms with E-state index in [1.54, 1.807) is 12.1 Å². The minimum atomic E-state index is -0.0892. The van der Waals surface area contributed by atoms with Crippen LogP contribution in [0, 0.1) is 0 Å². The number of aromatic nitrogens is 2. The van der Waals surface area contributed by atoms with Crippen LogP contribution in [-0.4, -0.2) is 27.3 Å². The normalized spacial score (nSPS) is 18.2. The van der Waals surface area contributed by atoms with Gasteiger partial charge in [0.25, 0.3) is 5.91 Å². The van der Waals surface area contributed by atoms with Gasteiger partial charge in [0.2, 0.25) is 0 Å². The number of hydrogen-bond acceptors (Lipinski definition) is 3. The number of para-hydroxylation sites is 2. The molecule has 1 amide bonds. The largest absolute Gasteiger partial charge is 0.444 e. The molecule has 0 radical (unpaired) electrons. The van der Waals surface area contributed by atoms with Crippen LogP contribution < -0.4 is 0 Å². The molecule has 1 unspecified atom stereocenters. The Morgan fingerprint density at radius 2 is 2.18 bits per heavy atom. The summed E-state index contributed by atoms with van der Waals surface area (Å²) in [4.78, 5) is 22.4. The topological polar surface area (TPSA) is 62.1 Å². The number of fused-ring (bicyclic) bond motifs is 1. The van der Waals surface area contributed by atoms with Gasteiger partial charge in [0.15, 0.2) is 10.4 Å². The van der Waals surface area contributed by atoms with Crippen molar-refractivity contribution in [3.05, 3.63) is 52.7 Å². The van der Waals surface area contributed by atoms with E-state index in [9.17, 15) is 4.79 Å². The molecule has 0 spiro atoms. The predicted molar refractivity (Wildman–Crippen MR) is 85.5 cm³/mol. The zero-order valence-electron chi connectivity index (χ0n) is 11.8. The van der Waals surface area contributed by atoms with Gasteiger partial charge in [0.05, 0.1) is 17.1 Å². The number of benzene rings is 1. The number of nitrogens with one attached hydrogen (secondary N) is 1.